The first kappa shape index (κ1) is 21.3. The summed E-state index contributed by atoms with van der Waals surface area (Å²) in [6.07, 6.45) is 0.430. The highest BCUT2D eigenvalue weighted by molar-refractivity contribution is 5.77. The molecule has 0 fully saturated rings. The second-order valence-corrected chi connectivity index (χ2v) is 7.57. The molecule has 1 aliphatic rings. The largest absolute Gasteiger partial charge is 0.469 e. The lowest BCUT2D eigenvalue weighted by Gasteiger charge is -2.30. The van der Waals surface area contributed by atoms with E-state index in [1.54, 1.807) is 4.90 Å². The molecule has 4 rings (SSSR count). The number of hydrogen-bond acceptors (Lipinski definition) is 5. The number of urea groups is 1. The van der Waals surface area contributed by atoms with E-state index >= 15 is 0 Å². The molecule has 1 aromatic heterocycles. The van der Waals surface area contributed by atoms with Gasteiger partial charge in [-0.3, -0.25) is 9.59 Å². The number of H-pyrrole nitrogens is 1. The zero-order valence-corrected chi connectivity index (χ0v) is 17.7. The molecule has 2 aromatic carbocycles. The van der Waals surface area contributed by atoms with E-state index in [0.717, 1.165) is 11.1 Å². The van der Waals surface area contributed by atoms with E-state index in [1.807, 2.05) is 60.7 Å². The SMILES string of the molecule is COC(=O)CC(NC(=O)N1CCc2c(nc(-c3ccccc3)[nH]c2=O)C1)c1ccccc1. The van der Waals surface area contributed by atoms with Gasteiger partial charge in [0.25, 0.3) is 5.56 Å². The first-order valence-corrected chi connectivity index (χ1v) is 10.4. The average molecular weight is 432 g/mol. The number of amides is 2. The van der Waals surface area contributed by atoms with E-state index in [-0.39, 0.29) is 24.6 Å². The van der Waals surface area contributed by atoms with Crippen molar-refractivity contribution in [2.24, 2.45) is 0 Å². The van der Waals surface area contributed by atoms with Crippen molar-refractivity contribution in [2.75, 3.05) is 13.7 Å². The molecule has 1 aliphatic heterocycles. The summed E-state index contributed by atoms with van der Waals surface area (Å²) in [5, 5.41) is 2.93. The van der Waals surface area contributed by atoms with Gasteiger partial charge in [0.1, 0.15) is 5.82 Å². The zero-order valence-electron chi connectivity index (χ0n) is 17.7. The molecule has 1 atom stereocenters. The third kappa shape index (κ3) is 4.69. The number of aromatic nitrogens is 2. The van der Waals surface area contributed by atoms with Crippen molar-refractivity contribution in [3.63, 3.8) is 0 Å². The Bertz CT molecular complexity index is 1160. The van der Waals surface area contributed by atoms with Gasteiger partial charge in [-0.2, -0.15) is 0 Å². The van der Waals surface area contributed by atoms with Crippen LogP contribution in [0.5, 0.6) is 0 Å². The van der Waals surface area contributed by atoms with Crippen molar-refractivity contribution in [2.45, 2.75) is 25.4 Å². The smallest absolute Gasteiger partial charge is 0.318 e. The van der Waals surface area contributed by atoms with Gasteiger partial charge in [-0.05, 0) is 12.0 Å². The lowest BCUT2D eigenvalue weighted by Crippen LogP contribution is -2.45. The average Bonchev–Trinajstić information content (AvgIpc) is 2.84. The number of rotatable bonds is 5. The number of nitrogens with one attached hydrogen (secondary N) is 2. The number of methoxy groups -OCH3 is 1. The number of esters is 1. The molecule has 2 N–H and O–H groups in total. The summed E-state index contributed by atoms with van der Waals surface area (Å²) in [4.78, 5) is 46.6. The maximum atomic E-state index is 13.1. The highest BCUT2D eigenvalue weighted by atomic mass is 16.5. The molecular formula is C24H24N4O4. The van der Waals surface area contributed by atoms with Crippen molar-refractivity contribution < 1.29 is 14.3 Å². The summed E-state index contributed by atoms with van der Waals surface area (Å²) in [5.74, 6) is 0.0632. The van der Waals surface area contributed by atoms with Crippen molar-refractivity contribution >= 4 is 12.0 Å². The van der Waals surface area contributed by atoms with Gasteiger partial charge in [-0.1, -0.05) is 60.7 Å². The fraction of sp³-hybridized carbons (Fsp3) is 0.250. The molecule has 0 saturated heterocycles. The molecule has 8 heteroatoms. The van der Waals surface area contributed by atoms with E-state index in [2.05, 4.69) is 15.3 Å². The molecule has 32 heavy (non-hydrogen) atoms. The molecular weight excluding hydrogens is 408 g/mol. The van der Waals surface area contributed by atoms with E-state index in [1.165, 1.54) is 7.11 Å². The van der Waals surface area contributed by atoms with Gasteiger partial charge in [0.15, 0.2) is 0 Å². The Morgan fingerprint density at radius 3 is 2.50 bits per heavy atom. The Morgan fingerprint density at radius 2 is 1.81 bits per heavy atom. The van der Waals surface area contributed by atoms with E-state index in [4.69, 9.17) is 4.74 Å². The number of ether oxygens (including phenoxy) is 1. The molecule has 0 aliphatic carbocycles. The fourth-order valence-corrected chi connectivity index (χ4v) is 3.77. The number of fused-ring (bicyclic) bond motifs is 1. The lowest BCUT2D eigenvalue weighted by atomic mass is 10.0. The maximum absolute atomic E-state index is 13.1. The van der Waals surface area contributed by atoms with Crippen LogP contribution in [0, 0.1) is 0 Å². The van der Waals surface area contributed by atoms with Crippen LogP contribution >= 0.6 is 0 Å². The minimum Gasteiger partial charge on any atom is -0.469 e. The molecule has 8 nitrogen and oxygen atoms in total. The number of carbonyl (C=O) groups excluding carboxylic acids is 2. The third-order valence-electron chi connectivity index (χ3n) is 5.51. The Balaban J connectivity index is 1.54. The van der Waals surface area contributed by atoms with Crippen LogP contribution in [-0.4, -0.2) is 40.5 Å². The number of nitrogens with zero attached hydrogens (tertiary/aromatic N) is 2. The normalized spacial score (nSPS) is 13.7. The van der Waals surface area contributed by atoms with Crippen LogP contribution in [0.4, 0.5) is 4.79 Å². The van der Waals surface area contributed by atoms with Crippen molar-refractivity contribution in [3.8, 4) is 11.4 Å². The van der Waals surface area contributed by atoms with Crippen LogP contribution in [0.3, 0.4) is 0 Å². The van der Waals surface area contributed by atoms with E-state index < -0.39 is 12.0 Å². The first-order chi connectivity index (χ1) is 15.5. The molecule has 164 valence electrons. The van der Waals surface area contributed by atoms with Crippen LogP contribution in [0.25, 0.3) is 11.4 Å². The number of hydrogen-bond donors (Lipinski definition) is 2. The molecule has 2 amide bonds. The van der Waals surface area contributed by atoms with Crippen LogP contribution in [-0.2, 0) is 22.5 Å². The number of carbonyl (C=O) groups is 2. The maximum Gasteiger partial charge on any atom is 0.318 e. The topological polar surface area (TPSA) is 104 Å². The molecule has 0 spiro atoms. The van der Waals surface area contributed by atoms with Gasteiger partial charge in [-0.25, -0.2) is 9.78 Å². The molecule has 0 radical (unpaired) electrons. The summed E-state index contributed by atoms with van der Waals surface area (Å²) >= 11 is 0. The van der Waals surface area contributed by atoms with Crippen molar-refractivity contribution in [1.29, 1.82) is 0 Å². The quantitative estimate of drug-likeness (QED) is 0.604. The van der Waals surface area contributed by atoms with Gasteiger partial charge in [-0.15, -0.1) is 0 Å². The van der Waals surface area contributed by atoms with Gasteiger partial charge >= 0.3 is 12.0 Å². The van der Waals surface area contributed by atoms with Gasteiger partial charge in [0.2, 0.25) is 0 Å². The molecule has 3 aromatic rings. The lowest BCUT2D eigenvalue weighted by molar-refractivity contribution is -0.141. The predicted molar refractivity (Wildman–Crippen MR) is 119 cm³/mol. The summed E-state index contributed by atoms with van der Waals surface area (Å²) in [5.41, 5.74) is 2.61. The fourth-order valence-electron chi connectivity index (χ4n) is 3.77. The van der Waals surface area contributed by atoms with Crippen LogP contribution in [0.2, 0.25) is 0 Å². The van der Waals surface area contributed by atoms with Crippen LogP contribution in [0.1, 0.15) is 29.3 Å². The summed E-state index contributed by atoms with van der Waals surface area (Å²) < 4.78 is 4.79. The van der Waals surface area contributed by atoms with Crippen molar-refractivity contribution in [3.05, 3.63) is 87.8 Å². The highest BCUT2D eigenvalue weighted by Gasteiger charge is 2.27. The molecule has 2 heterocycles. The Kier molecular flexibility index (Phi) is 6.30. The monoisotopic (exact) mass is 432 g/mol. The Labute approximate surface area is 185 Å². The third-order valence-corrected chi connectivity index (χ3v) is 5.51. The van der Waals surface area contributed by atoms with Crippen molar-refractivity contribution in [1.82, 2.24) is 20.2 Å². The van der Waals surface area contributed by atoms with Gasteiger partial charge in [0.05, 0.1) is 31.8 Å². The second-order valence-electron chi connectivity index (χ2n) is 7.57. The summed E-state index contributed by atoms with van der Waals surface area (Å²) in [6.45, 7) is 0.596. The number of benzene rings is 2. The first-order valence-electron chi connectivity index (χ1n) is 10.4. The van der Waals surface area contributed by atoms with Gasteiger partial charge < -0.3 is 19.9 Å². The Hall–Kier alpha value is -3.94. The minimum atomic E-state index is -0.524. The Morgan fingerprint density at radius 1 is 1.12 bits per heavy atom. The summed E-state index contributed by atoms with van der Waals surface area (Å²) in [6, 6.07) is 17.8. The highest BCUT2D eigenvalue weighted by Crippen LogP contribution is 2.21. The summed E-state index contributed by atoms with van der Waals surface area (Å²) in [7, 11) is 1.32. The molecule has 1 unspecified atom stereocenters. The van der Waals surface area contributed by atoms with Crippen LogP contribution < -0.4 is 10.9 Å². The molecule has 0 bridgehead atoms. The van der Waals surface area contributed by atoms with Crippen LogP contribution in [0.15, 0.2) is 65.5 Å². The van der Waals surface area contributed by atoms with E-state index in [0.29, 0.717) is 30.0 Å². The minimum absolute atomic E-state index is 0.0206. The second kappa shape index (κ2) is 9.47. The number of aromatic amines is 1. The molecule has 0 saturated carbocycles. The van der Waals surface area contributed by atoms with Gasteiger partial charge in [0, 0.05) is 17.7 Å². The predicted octanol–water partition coefficient (Wildman–Crippen LogP) is 2.81. The standard InChI is InChI=1S/C24H24N4O4/c1-32-21(29)14-19(16-8-4-2-5-9-16)26-24(31)28-13-12-18-20(15-28)25-22(27-23(18)30)17-10-6-3-7-11-17/h2-11,19H,12-15H2,1H3,(H,26,31)(H,25,27,30). The van der Waals surface area contributed by atoms with E-state index in [9.17, 15) is 14.4 Å². The zero-order chi connectivity index (χ0) is 22.5.